The predicted molar refractivity (Wildman–Crippen MR) is 43.4 cm³/mol. The minimum absolute atomic E-state index is 0.817. The molecule has 15 heavy (non-hydrogen) atoms. The first-order valence-corrected chi connectivity index (χ1v) is 5.03. The fraction of sp³-hybridized carbons (Fsp3) is 0.143. The lowest BCUT2D eigenvalue weighted by atomic mass is 10.3. The minimum Gasteiger partial charge on any atom is -0.404 e. The number of ether oxygens (including phenoxy) is 1. The van der Waals surface area contributed by atoms with Crippen LogP contribution in [0.15, 0.2) is 29.2 Å². The Balaban J connectivity index is 3.20. The van der Waals surface area contributed by atoms with Crippen LogP contribution in [0.4, 0.5) is 13.2 Å². The molecule has 8 heteroatoms. The molecule has 0 aromatic heterocycles. The Bertz CT molecular complexity index is 455. The third kappa shape index (κ3) is 3.40. The summed E-state index contributed by atoms with van der Waals surface area (Å²) in [5, 5.41) is 6.65. The molecule has 1 aromatic carbocycles. The van der Waals surface area contributed by atoms with Crippen molar-refractivity contribution in [2.45, 2.75) is 11.3 Å². The molecular formula is C7H5F3NO3S. The number of rotatable bonds is 2. The van der Waals surface area contributed by atoms with Crippen LogP contribution >= 0.6 is 0 Å². The lowest BCUT2D eigenvalue weighted by Gasteiger charge is -2.11. The number of alkyl halides is 3. The number of sulfonamides is 1. The summed E-state index contributed by atoms with van der Waals surface area (Å²) >= 11 is 0. The summed E-state index contributed by atoms with van der Waals surface area (Å²) in [6.07, 6.45) is -4.99. The van der Waals surface area contributed by atoms with Crippen LogP contribution in [0.25, 0.3) is 0 Å². The van der Waals surface area contributed by atoms with Gasteiger partial charge in [0.1, 0.15) is 10.6 Å². The minimum atomic E-state index is -4.99. The molecule has 83 valence electrons. The zero-order chi connectivity index (χ0) is 11.7. The number of hydrogen-bond donors (Lipinski definition) is 0. The Kier molecular flexibility index (Phi) is 2.91. The summed E-state index contributed by atoms with van der Waals surface area (Å²) in [5.41, 5.74) is 0. The molecule has 0 fully saturated rings. The van der Waals surface area contributed by atoms with Gasteiger partial charge in [0, 0.05) is 0 Å². The van der Waals surface area contributed by atoms with Gasteiger partial charge in [0.05, 0.1) is 0 Å². The molecule has 0 atom stereocenters. The van der Waals surface area contributed by atoms with Crippen LogP contribution in [-0.4, -0.2) is 14.8 Å². The standard InChI is InChI=1S/C7H5F3NO3S/c8-7(9,10)14-5-3-1-2-4-6(5)15(11,12)13/h1-4,11H. The lowest BCUT2D eigenvalue weighted by Crippen LogP contribution is -2.19. The van der Waals surface area contributed by atoms with Crippen LogP contribution in [0.2, 0.25) is 0 Å². The van der Waals surface area contributed by atoms with Gasteiger partial charge in [-0.15, -0.1) is 18.3 Å². The molecule has 0 bridgehead atoms. The van der Waals surface area contributed by atoms with Crippen LogP contribution in [0.5, 0.6) is 5.75 Å². The molecule has 0 unspecified atom stereocenters. The highest BCUT2D eigenvalue weighted by Crippen LogP contribution is 2.28. The van der Waals surface area contributed by atoms with Crippen LogP contribution in [-0.2, 0) is 10.0 Å². The molecule has 0 saturated heterocycles. The first kappa shape index (κ1) is 11.8. The van der Waals surface area contributed by atoms with Crippen molar-refractivity contribution in [3.05, 3.63) is 24.3 Å². The monoisotopic (exact) mass is 240 g/mol. The highest BCUT2D eigenvalue weighted by atomic mass is 32.2. The Morgan fingerprint density at radius 3 is 2.20 bits per heavy atom. The van der Waals surface area contributed by atoms with E-state index in [0.717, 1.165) is 12.1 Å². The van der Waals surface area contributed by atoms with Gasteiger partial charge < -0.3 is 4.74 Å². The third-order valence-electron chi connectivity index (χ3n) is 1.36. The number of para-hydroxylation sites is 1. The first-order valence-electron chi connectivity index (χ1n) is 3.54. The second kappa shape index (κ2) is 3.70. The van der Waals surface area contributed by atoms with E-state index in [0.29, 0.717) is 0 Å². The largest absolute Gasteiger partial charge is 0.573 e. The quantitative estimate of drug-likeness (QED) is 0.787. The average Bonchev–Trinajstić information content (AvgIpc) is 1.99. The molecular weight excluding hydrogens is 235 g/mol. The van der Waals surface area contributed by atoms with Crippen LogP contribution in [0.3, 0.4) is 0 Å². The van der Waals surface area contributed by atoms with Crippen molar-refractivity contribution in [1.29, 1.82) is 0 Å². The zero-order valence-corrected chi connectivity index (χ0v) is 7.89. The van der Waals surface area contributed by atoms with Crippen molar-refractivity contribution in [2.75, 3.05) is 0 Å². The maximum absolute atomic E-state index is 11.8. The summed E-state index contributed by atoms with van der Waals surface area (Å²) in [7, 11) is -4.48. The van der Waals surface area contributed by atoms with Crippen LogP contribution in [0, 0.1) is 0 Å². The second-order valence-corrected chi connectivity index (χ2v) is 3.94. The smallest absolute Gasteiger partial charge is 0.404 e. The Hall–Kier alpha value is -1.28. The molecule has 0 heterocycles. The fourth-order valence-corrected chi connectivity index (χ4v) is 1.51. The summed E-state index contributed by atoms with van der Waals surface area (Å²) in [6.45, 7) is 0. The van der Waals surface area contributed by atoms with Crippen molar-refractivity contribution in [3.63, 3.8) is 0 Å². The third-order valence-corrected chi connectivity index (χ3v) is 2.28. The summed E-state index contributed by atoms with van der Waals surface area (Å²) in [5.74, 6) is -0.903. The van der Waals surface area contributed by atoms with Crippen molar-refractivity contribution in [3.8, 4) is 5.75 Å². The van der Waals surface area contributed by atoms with E-state index in [9.17, 15) is 21.6 Å². The number of nitrogens with one attached hydrogen (secondary N) is 1. The van der Waals surface area contributed by atoms with Crippen molar-refractivity contribution >= 4 is 10.0 Å². The van der Waals surface area contributed by atoms with Gasteiger partial charge in [-0.2, -0.15) is 0 Å². The molecule has 0 spiro atoms. The normalized spacial score (nSPS) is 12.5. The highest BCUT2D eigenvalue weighted by Gasteiger charge is 2.33. The Morgan fingerprint density at radius 1 is 1.20 bits per heavy atom. The summed E-state index contributed by atoms with van der Waals surface area (Å²) < 4.78 is 60.5. The Labute approximate surface area is 83.5 Å². The molecule has 0 saturated carbocycles. The first-order chi connectivity index (χ1) is 6.70. The predicted octanol–water partition coefficient (Wildman–Crippen LogP) is 1.56. The molecule has 1 aromatic rings. The van der Waals surface area contributed by atoms with Crippen molar-refractivity contribution in [1.82, 2.24) is 5.14 Å². The molecule has 0 aliphatic rings. The molecule has 1 N–H and O–H groups in total. The van der Waals surface area contributed by atoms with E-state index in [-0.39, 0.29) is 0 Å². The van der Waals surface area contributed by atoms with Gasteiger partial charge in [-0.3, -0.25) is 0 Å². The number of halogens is 3. The second-order valence-electron chi connectivity index (χ2n) is 2.50. The van der Waals surface area contributed by atoms with Gasteiger partial charge in [-0.1, -0.05) is 12.1 Å². The molecule has 4 nitrogen and oxygen atoms in total. The van der Waals surface area contributed by atoms with Crippen LogP contribution in [0.1, 0.15) is 0 Å². The topological polar surface area (TPSA) is 67.2 Å². The van der Waals surface area contributed by atoms with Gasteiger partial charge in [-0.25, -0.2) is 8.42 Å². The van der Waals surface area contributed by atoms with E-state index in [1.165, 1.54) is 12.1 Å². The van der Waals surface area contributed by atoms with Crippen LogP contribution < -0.4 is 9.88 Å². The average molecular weight is 240 g/mol. The van der Waals surface area contributed by atoms with E-state index in [2.05, 4.69) is 4.74 Å². The van der Waals surface area contributed by atoms with E-state index in [1.54, 1.807) is 0 Å². The lowest BCUT2D eigenvalue weighted by molar-refractivity contribution is -0.275. The zero-order valence-electron chi connectivity index (χ0n) is 7.08. The van der Waals surface area contributed by atoms with Crippen molar-refractivity contribution in [2.24, 2.45) is 0 Å². The molecule has 1 radical (unpaired) electrons. The summed E-state index contributed by atoms with van der Waals surface area (Å²) in [6, 6.07) is 4.07. The van der Waals surface area contributed by atoms with E-state index >= 15 is 0 Å². The molecule has 0 amide bonds. The maximum Gasteiger partial charge on any atom is 0.573 e. The number of hydrogen-bond acceptors (Lipinski definition) is 3. The van der Waals surface area contributed by atoms with E-state index in [1.807, 2.05) is 0 Å². The molecule has 0 aliphatic heterocycles. The van der Waals surface area contributed by atoms with Gasteiger partial charge in [0.25, 0.3) is 10.0 Å². The van der Waals surface area contributed by atoms with E-state index in [4.69, 9.17) is 5.14 Å². The summed E-state index contributed by atoms with van der Waals surface area (Å²) in [4.78, 5) is -0.817. The van der Waals surface area contributed by atoms with Gasteiger partial charge in [-0.05, 0) is 12.1 Å². The fourth-order valence-electron chi connectivity index (χ4n) is 0.881. The molecule has 0 aliphatic carbocycles. The maximum atomic E-state index is 11.8. The Morgan fingerprint density at radius 2 is 1.73 bits per heavy atom. The van der Waals surface area contributed by atoms with Gasteiger partial charge in [0.15, 0.2) is 0 Å². The van der Waals surface area contributed by atoms with E-state index < -0.39 is 27.0 Å². The van der Waals surface area contributed by atoms with Gasteiger partial charge >= 0.3 is 6.36 Å². The SMILES string of the molecule is [NH]S(=O)(=O)c1ccccc1OC(F)(F)F. The highest BCUT2D eigenvalue weighted by molar-refractivity contribution is 7.89. The number of benzene rings is 1. The van der Waals surface area contributed by atoms with Gasteiger partial charge in [0.2, 0.25) is 0 Å². The molecule has 1 rings (SSSR count). The van der Waals surface area contributed by atoms with Crippen molar-refractivity contribution < 1.29 is 26.3 Å².